The van der Waals surface area contributed by atoms with Gasteiger partial charge in [0, 0.05) is 5.41 Å². The number of rotatable bonds is 5. The molecule has 4 N–H and O–H groups in total. The number of hydrogen-bond donors (Lipinski definition) is 3. The molecular formula is C15H22N2O4. The summed E-state index contributed by atoms with van der Waals surface area (Å²) in [6.45, 7) is 0. The van der Waals surface area contributed by atoms with Crippen LogP contribution in [0.1, 0.15) is 44.9 Å². The number of carbonyl (C=O) groups excluding carboxylic acids is 2. The van der Waals surface area contributed by atoms with E-state index in [1.165, 1.54) is 19.3 Å². The predicted molar refractivity (Wildman–Crippen MR) is 74.0 cm³/mol. The van der Waals surface area contributed by atoms with Crippen LogP contribution in [-0.2, 0) is 14.4 Å². The lowest BCUT2D eigenvalue weighted by atomic mass is 9.49. The fraction of sp³-hybridized carbons (Fsp3) is 0.800. The summed E-state index contributed by atoms with van der Waals surface area (Å²) >= 11 is 0. The normalized spacial score (nSPS) is 38.0. The van der Waals surface area contributed by atoms with E-state index < -0.39 is 23.3 Å². The van der Waals surface area contributed by atoms with Crippen LogP contribution in [0.4, 0.5) is 0 Å². The molecule has 0 aromatic heterocycles. The summed E-state index contributed by atoms with van der Waals surface area (Å²) in [5.41, 5.74) is 4.66. The molecule has 0 saturated heterocycles. The molecule has 0 heterocycles. The van der Waals surface area contributed by atoms with Crippen molar-refractivity contribution < 1.29 is 19.5 Å². The zero-order valence-corrected chi connectivity index (χ0v) is 12.0. The maximum Gasteiger partial charge on any atom is 0.326 e. The van der Waals surface area contributed by atoms with Crippen LogP contribution in [0.5, 0.6) is 0 Å². The molecule has 4 aliphatic rings. The second-order valence-corrected chi connectivity index (χ2v) is 7.23. The zero-order chi connectivity index (χ0) is 15.2. The highest BCUT2D eigenvalue weighted by Crippen LogP contribution is 2.60. The average Bonchev–Trinajstić information content (AvgIpc) is 2.35. The summed E-state index contributed by atoms with van der Waals surface area (Å²) in [6.07, 6.45) is 5.91. The number of nitrogens with one attached hydrogen (secondary N) is 1. The number of carboxylic acids is 1. The molecule has 1 atom stereocenters. The molecule has 0 aliphatic heterocycles. The fourth-order valence-electron chi connectivity index (χ4n) is 5.10. The third-order valence-corrected chi connectivity index (χ3v) is 5.53. The Hall–Kier alpha value is -1.59. The lowest BCUT2D eigenvalue weighted by Crippen LogP contribution is -2.56. The van der Waals surface area contributed by atoms with Crippen LogP contribution >= 0.6 is 0 Å². The van der Waals surface area contributed by atoms with Crippen molar-refractivity contribution in [2.24, 2.45) is 28.9 Å². The van der Waals surface area contributed by atoms with E-state index in [-0.39, 0.29) is 12.3 Å². The Kier molecular flexibility index (Phi) is 3.42. The fourth-order valence-corrected chi connectivity index (χ4v) is 5.10. The minimum atomic E-state index is -1.21. The molecule has 0 aromatic rings. The number of amides is 2. The summed E-state index contributed by atoms with van der Waals surface area (Å²) in [5, 5.41) is 11.7. The van der Waals surface area contributed by atoms with E-state index in [0.717, 1.165) is 19.3 Å². The zero-order valence-electron chi connectivity index (χ0n) is 12.0. The van der Waals surface area contributed by atoms with Gasteiger partial charge in [-0.3, -0.25) is 9.59 Å². The third-order valence-electron chi connectivity index (χ3n) is 5.53. The molecule has 4 fully saturated rings. The summed E-state index contributed by atoms with van der Waals surface area (Å²) in [6, 6.07) is -1.21. The van der Waals surface area contributed by atoms with Gasteiger partial charge in [-0.1, -0.05) is 0 Å². The summed E-state index contributed by atoms with van der Waals surface area (Å²) in [5.74, 6) is -0.264. The van der Waals surface area contributed by atoms with Crippen molar-refractivity contribution in [1.82, 2.24) is 5.32 Å². The Morgan fingerprint density at radius 3 is 1.95 bits per heavy atom. The van der Waals surface area contributed by atoms with Gasteiger partial charge in [0.1, 0.15) is 6.04 Å². The highest BCUT2D eigenvalue weighted by atomic mass is 16.4. The Morgan fingerprint density at radius 2 is 1.57 bits per heavy atom. The van der Waals surface area contributed by atoms with Gasteiger partial charge in [-0.15, -0.1) is 0 Å². The van der Waals surface area contributed by atoms with Crippen molar-refractivity contribution in [1.29, 1.82) is 0 Å². The van der Waals surface area contributed by atoms with Crippen LogP contribution in [0.3, 0.4) is 0 Å². The minimum absolute atomic E-state index is 0.185. The van der Waals surface area contributed by atoms with Gasteiger partial charge in [-0.2, -0.15) is 0 Å². The maximum absolute atomic E-state index is 12.7. The molecule has 0 unspecified atom stereocenters. The van der Waals surface area contributed by atoms with Gasteiger partial charge < -0.3 is 16.2 Å². The van der Waals surface area contributed by atoms with Gasteiger partial charge >= 0.3 is 5.97 Å². The number of aliphatic carboxylic acids is 1. The lowest BCUT2D eigenvalue weighted by molar-refractivity contribution is -0.152. The molecule has 4 bridgehead atoms. The van der Waals surface area contributed by atoms with Gasteiger partial charge in [-0.05, 0) is 56.3 Å². The maximum atomic E-state index is 12.7. The lowest BCUT2D eigenvalue weighted by Gasteiger charge is -2.55. The summed E-state index contributed by atoms with van der Waals surface area (Å²) < 4.78 is 0. The van der Waals surface area contributed by atoms with E-state index in [9.17, 15) is 14.4 Å². The first kappa shape index (κ1) is 14.4. The van der Waals surface area contributed by atoms with Crippen LogP contribution in [-0.4, -0.2) is 28.9 Å². The van der Waals surface area contributed by atoms with E-state index in [1.807, 2.05) is 0 Å². The van der Waals surface area contributed by atoms with Crippen molar-refractivity contribution in [2.75, 3.05) is 0 Å². The molecule has 0 radical (unpaired) electrons. The Balaban J connectivity index is 1.72. The van der Waals surface area contributed by atoms with Crippen molar-refractivity contribution in [3.8, 4) is 0 Å². The number of hydrogen-bond acceptors (Lipinski definition) is 3. The highest BCUT2D eigenvalue weighted by molar-refractivity contribution is 5.90. The molecule has 6 heteroatoms. The van der Waals surface area contributed by atoms with Crippen LogP contribution in [0.25, 0.3) is 0 Å². The second kappa shape index (κ2) is 5.00. The van der Waals surface area contributed by atoms with E-state index >= 15 is 0 Å². The first-order chi connectivity index (χ1) is 9.88. The summed E-state index contributed by atoms with van der Waals surface area (Å²) in [4.78, 5) is 34.8. The predicted octanol–water partition coefficient (Wildman–Crippen LogP) is 0.648. The number of nitrogens with two attached hydrogens (primary N) is 1. The van der Waals surface area contributed by atoms with Crippen LogP contribution in [0.15, 0.2) is 0 Å². The molecule has 4 rings (SSSR count). The monoisotopic (exact) mass is 294 g/mol. The van der Waals surface area contributed by atoms with Crippen molar-refractivity contribution in [3.63, 3.8) is 0 Å². The van der Waals surface area contributed by atoms with Gasteiger partial charge in [0.15, 0.2) is 0 Å². The molecule has 4 aliphatic carbocycles. The van der Waals surface area contributed by atoms with E-state index in [0.29, 0.717) is 17.8 Å². The Bertz CT molecular complexity index is 453. The van der Waals surface area contributed by atoms with E-state index in [4.69, 9.17) is 10.8 Å². The first-order valence-electron chi connectivity index (χ1n) is 7.70. The molecule has 6 nitrogen and oxygen atoms in total. The number of carboxylic acid groups (broad SMARTS) is 1. The quantitative estimate of drug-likeness (QED) is 0.691. The molecular weight excluding hydrogens is 272 g/mol. The average molecular weight is 294 g/mol. The standard InChI is InChI=1S/C15H22N2O4/c16-12(18)4-11(13(19)20)17-14(21)15-5-8-1-9(6-15)3-10(2-8)7-15/h8-11H,1-7H2,(H2,16,18)(H,17,21)(H,19,20)/t8?,9?,10?,11-,15?/m1/s1. The Morgan fingerprint density at radius 1 is 1.10 bits per heavy atom. The highest BCUT2D eigenvalue weighted by Gasteiger charge is 2.54. The number of carbonyl (C=O) groups is 3. The van der Waals surface area contributed by atoms with E-state index in [2.05, 4.69) is 5.32 Å². The third kappa shape index (κ3) is 2.63. The molecule has 21 heavy (non-hydrogen) atoms. The Labute approximate surface area is 123 Å². The topological polar surface area (TPSA) is 109 Å². The second-order valence-electron chi connectivity index (χ2n) is 7.23. The van der Waals surface area contributed by atoms with Crippen molar-refractivity contribution in [2.45, 2.75) is 51.0 Å². The summed E-state index contributed by atoms with van der Waals surface area (Å²) in [7, 11) is 0. The number of primary amides is 1. The van der Waals surface area contributed by atoms with Gasteiger partial charge in [0.2, 0.25) is 11.8 Å². The minimum Gasteiger partial charge on any atom is -0.480 e. The molecule has 0 aromatic carbocycles. The molecule has 0 spiro atoms. The van der Waals surface area contributed by atoms with Crippen LogP contribution < -0.4 is 11.1 Å². The van der Waals surface area contributed by atoms with Crippen LogP contribution in [0.2, 0.25) is 0 Å². The first-order valence-corrected chi connectivity index (χ1v) is 7.70. The van der Waals surface area contributed by atoms with Crippen molar-refractivity contribution >= 4 is 17.8 Å². The SMILES string of the molecule is NC(=O)C[C@@H](NC(=O)C12CC3CC(CC(C3)C1)C2)C(=O)O. The van der Waals surface area contributed by atoms with Gasteiger partial charge in [-0.25, -0.2) is 4.79 Å². The molecule has 2 amide bonds. The molecule has 116 valence electrons. The molecule has 4 saturated carbocycles. The largest absolute Gasteiger partial charge is 0.480 e. The van der Waals surface area contributed by atoms with Crippen LogP contribution in [0, 0.1) is 23.2 Å². The van der Waals surface area contributed by atoms with Gasteiger partial charge in [0.05, 0.1) is 6.42 Å². The van der Waals surface area contributed by atoms with Gasteiger partial charge in [0.25, 0.3) is 0 Å². The van der Waals surface area contributed by atoms with Crippen molar-refractivity contribution in [3.05, 3.63) is 0 Å². The smallest absolute Gasteiger partial charge is 0.326 e. The van der Waals surface area contributed by atoms with E-state index in [1.54, 1.807) is 0 Å².